The number of aromatic nitrogens is 4. The predicted molar refractivity (Wildman–Crippen MR) is 74.4 cm³/mol. The van der Waals surface area contributed by atoms with Gasteiger partial charge in [0.1, 0.15) is 17.9 Å². The lowest BCUT2D eigenvalue weighted by Gasteiger charge is -2.11. The first-order valence-corrected chi connectivity index (χ1v) is 6.94. The molecule has 0 bridgehead atoms. The number of aliphatic carboxylic acids is 1. The van der Waals surface area contributed by atoms with Gasteiger partial charge in [-0.1, -0.05) is 13.8 Å². The third-order valence-electron chi connectivity index (χ3n) is 3.00. The maximum atomic E-state index is 12.3. The van der Waals surface area contributed by atoms with Gasteiger partial charge in [0.15, 0.2) is 5.65 Å². The Bertz CT molecular complexity index is 874. The summed E-state index contributed by atoms with van der Waals surface area (Å²) in [7, 11) is 0. The third-order valence-corrected chi connectivity index (χ3v) is 3.77. The van der Waals surface area contributed by atoms with Crippen molar-refractivity contribution in [3.05, 3.63) is 27.8 Å². The molecule has 0 radical (unpaired) electrons. The lowest BCUT2D eigenvalue weighted by molar-refractivity contribution is -0.138. The molecule has 3 aromatic heterocycles. The van der Waals surface area contributed by atoms with Gasteiger partial charge in [0.05, 0.1) is 10.2 Å². The van der Waals surface area contributed by atoms with Crippen LogP contribution in [-0.4, -0.2) is 30.2 Å². The smallest absolute Gasteiger partial charge is 0.325 e. The summed E-state index contributed by atoms with van der Waals surface area (Å²) in [4.78, 5) is 27.4. The highest BCUT2D eigenvalue weighted by Gasteiger charge is 2.18. The summed E-state index contributed by atoms with van der Waals surface area (Å²) in [6.07, 6.45) is 0. The molecule has 8 heteroatoms. The fourth-order valence-electron chi connectivity index (χ4n) is 2.16. The Labute approximate surface area is 117 Å². The standard InChI is InChI=1S/C12H12N4O3S/c1-6(2)10-14-15(4-9(17)18)12(19)7-3-8-11(16(7)10)13-5-20-8/h3,5-6H,4H2,1-2H3,(H,17,18). The molecule has 0 atom stereocenters. The summed E-state index contributed by atoms with van der Waals surface area (Å²) in [5, 5.41) is 13.1. The van der Waals surface area contributed by atoms with Crippen molar-refractivity contribution in [2.75, 3.05) is 0 Å². The molecule has 3 rings (SSSR count). The Hall–Kier alpha value is -2.22. The second-order valence-electron chi connectivity index (χ2n) is 4.77. The first-order valence-electron chi connectivity index (χ1n) is 6.06. The van der Waals surface area contributed by atoms with E-state index in [1.54, 1.807) is 16.0 Å². The van der Waals surface area contributed by atoms with Crippen LogP contribution in [0, 0.1) is 0 Å². The number of rotatable bonds is 3. The van der Waals surface area contributed by atoms with Crippen molar-refractivity contribution in [3.8, 4) is 0 Å². The predicted octanol–water partition coefficient (Wildman–Crippen LogP) is 1.31. The summed E-state index contributed by atoms with van der Waals surface area (Å²) in [6, 6.07) is 1.74. The molecule has 0 aliphatic rings. The number of hydrogen-bond donors (Lipinski definition) is 1. The second kappa shape index (κ2) is 4.41. The summed E-state index contributed by atoms with van der Waals surface area (Å²) in [5.74, 6) is -0.428. The van der Waals surface area contributed by atoms with E-state index in [0.717, 1.165) is 9.38 Å². The molecule has 0 saturated heterocycles. The average molecular weight is 292 g/mol. The van der Waals surface area contributed by atoms with E-state index in [1.807, 2.05) is 13.8 Å². The number of nitrogens with zero attached hydrogens (tertiary/aromatic N) is 4. The van der Waals surface area contributed by atoms with E-state index >= 15 is 0 Å². The Morgan fingerprint density at radius 3 is 2.90 bits per heavy atom. The molecule has 0 fully saturated rings. The molecule has 3 heterocycles. The van der Waals surface area contributed by atoms with Crippen LogP contribution in [0.3, 0.4) is 0 Å². The van der Waals surface area contributed by atoms with E-state index < -0.39 is 18.1 Å². The van der Waals surface area contributed by atoms with Crippen LogP contribution in [0.15, 0.2) is 16.4 Å². The molecule has 0 saturated carbocycles. The van der Waals surface area contributed by atoms with Crippen molar-refractivity contribution < 1.29 is 9.90 Å². The molecular formula is C12H12N4O3S. The number of carbonyl (C=O) groups is 1. The van der Waals surface area contributed by atoms with Gasteiger partial charge < -0.3 is 5.11 Å². The van der Waals surface area contributed by atoms with Crippen molar-refractivity contribution in [2.45, 2.75) is 26.3 Å². The van der Waals surface area contributed by atoms with Gasteiger partial charge in [-0.3, -0.25) is 14.0 Å². The lowest BCUT2D eigenvalue weighted by Crippen LogP contribution is -2.30. The summed E-state index contributed by atoms with van der Waals surface area (Å²) in [6.45, 7) is 3.44. The van der Waals surface area contributed by atoms with E-state index in [1.165, 1.54) is 11.3 Å². The Morgan fingerprint density at radius 1 is 1.50 bits per heavy atom. The highest BCUT2D eigenvalue weighted by atomic mass is 32.1. The third kappa shape index (κ3) is 1.80. The molecule has 0 aromatic carbocycles. The fourth-order valence-corrected chi connectivity index (χ4v) is 2.86. The lowest BCUT2D eigenvalue weighted by atomic mass is 10.2. The van der Waals surface area contributed by atoms with E-state index in [-0.39, 0.29) is 5.92 Å². The molecule has 0 aliphatic heterocycles. The van der Waals surface area contributed by atoms with E-state index in [2.05, 4.69) is 10.1 Å². The first kappa shape index (κ1) is 12.8. The van der Waals surface area contributed by atoms with Crippen LogP contribution in [-0.2, 0) is 11.3 Å². The van der Waals surface area contributed by atoms with E-state index in [4.69, 9.17) is 5.11 Å². The zero-order valence-corrected chi connectivity index (χ0v) is 11.7. The Kier molecular flexibility index (Phi) is 2.82. The molecule has 0 spiro atoms. The largest absolute Gasteiger partial charge is 0.480 e. The molecule has 104 valence electrons. The van der Waals surface area contributed by atoms with Crippen LogP contribution in [0.1, 0.15) is 25.6 Å². The van der Waals surface area contributed by atoms with Gasteiger partial charge in [-0.25, -0.2) is 9.67 Å². The van der Waals surface area contributed by atoms with Gasteiger partial charge in [-0.15, -0.1) is 11.3 Å². The van der Waals surface area contributed by atoms with Crippen molar-refractivity contribution in [3.63, 3.8) is 0 Å². The minimum absolute atomic E-state index is 0.0374. The maximum absolute atomic E-state index is 12.3. The van der Waals surface area contributed by atoms with Gasteiger partial charge in [0.25, 0.3) is 5.56 Å². The molecule has 0 aliphatic carbocycles. The van der Waals surface area contributed by atoms with Gasteiger partial charge in [-0.2, -0.15) is 5.10 Å². The molecule has 0 amide bonds. The van der Waals surface area contributed by atoms with Crippen LogP contribution >= 0.6 is 11.3 Å². The normalized spacial score (nSPS) is 11.8. The van der Waals surface area contributed by atoms with Crippen LogP contribution < -0.4 is 5.56 Å². The second-order valence-corrected chi connectivity index (χ2v) is 5.66. The molecule has 3 aromatic rings. The van der Waals surface area contributed by atoms with Gasteiger partial charge >= 0.3 is 5.97 Å². The van der Waals surface area contributed by atoms with Crippen LogP contribution in [0.25, 0.3) is 15.9 Å². The zero-order chi connectivity index (χ0) is 14.4. The van der Waals surface area contributed by atoms with Crippen molar-refractivity contribution in [1.29, 1.82) is 0 Å². The fraction of sp³-hybridized carbons (Fsp3) is 0.333. The molecule has 0 unspecified atom stereocenters. The summed E-state index contributed by atoms with van der Waals surface area (Å²) < 4.78 is 3.60. The maximum Gasteiger partial charge on any atom is 0.325 e. The highest BCUT2D eigenvalue weighted by Crippen LogP contribution is 2.24. The topological polar surface area (TPSA) is 89.5 Å². The average Bonchev–Trinajstić information content (AvgIpc) is 2.92. The quantitative estimate of drug-likeness (QED) is 0.786. The molecule has 1 N–H and O–H groups in total. The number of thiazole rings is 1. The summed E-state index contributed by atoms with van der Waals surface area (Å²) >= 11 is 1.44. The molecule has 20 heavy (non-hydrogen) atoms. The van der Waals surface area contributed by atoms with Gasteiger partial charge in [0.2, 0.25) is 0 Å². The van der Waals surface area contributed by atoms with Gasteiger partial charge in [0, 0.05) is 5.92 Å². The zero-order valence-electron chi connectivity index (χ0n) is 10.9. The molecular weight excluding hydrogens is 280 g/mol. The van der Waals surface area contributed by atoms with Crippen molar-refractivity contribution in [2.24, 2.45) is 0 Å². The summed E-state index contributed by atoms with van der Waals surface area (Å²) in [5.41, 5.74) is 2.41. The monoisotopic (exact) mass is 292 g/mol. The van der Waals surface area contributed by atoms with E-state index in [0.29, 0.717) is 17.0 Å². The number of hydrogen-bond acceptors (Lipinski definition) is 5. The van der Waals surface area contributed by atoms with Crippen LogP contribution in [0.4, 0.5) is 0 Å². The van der Waals surface area contributed by atoms with Crippen molar-refractivity contribution in [1.82, 2.24) is 19.2 Å². The first-order chi connectivity index (χ1) is 9.49. The highest BCUT2D eigenvalue weighted by molar-refractivity contribution is 7.16. The van der Waals surface area contributed by atoms with E-state index in [9.17, 15) is 9.59 Å². The Morgan fingerprint density at radius 2 is 2.25 bits per heavy atom. The molecule has 7 nitrogen and oxygen atoms in total. The SMILES string of the molecule is CC(C)c1nn(CC(=O)O)c(=O)c2cc3scnc3n12. The number of carboxylic acid groups (broad SMARTS) is 1. The minimum atomic E-state index is -1.09. The number of fused-ring (bicyclic) bond motifs is 3. The Balaban J connectivity index is 2.44. The van der Waals surface area contributed by atoms with Gasteiger partial charge in [-0.05, 0) is 6.07 Å². The van der Waals surface area contributed by atoms with Crippen molar-refractivity contribution >= 4 is 33.2 Å². The number of carboxylic acids is 1. The van der Waals surface area contributed by atoms with Crippen LogP contribution in [0.5, 0.6) is 0 Å². The van der Waals surface area contributed by atoms with Crippen LogP contribution in [0.2, 0.25) is 0 Å². The minimum Gasteiger partial charge on any atom is -0.480 e.